The summed E-state index contributed by atoms with van der Waals surface area (Å²) in [5.74, 6) is -0.188. The Morgan fingerprint density at radius 3 is 2.52 bits per heavy atom. The highest BCUT2D eigenvalue weighted by molar-refractivity contribution is 6.30. The van der Waals surface area contributed by atoms with E-state index in [0.717, 1.165) is 31.7 Å². The number of carbonyl (C=O) groups is 1. The second-order valence-electron chi connectivity index (χ2n) is 6.11. The van der Waals surface area contributed by atoms with Crippen LogP contribution in [0.3, 0.4) is 0 Å². The van der Waals surface area contributed by atoms with Gasteiger partial charge in [0, 0.05) is 22.9 Å². The zero-order valence-electron chi connectivity index (χ0n) is 12.6. The van der Waals surface area contributed by atoms with Crippen molar-refractivity contribution in [2.45, 2.75) is 37.5 Å². The molecule has 5 nitrogen and oxygen atoms in total. The number of aromatic nitrogens is 2. The lowest BCUT2D eigenvalue weighted by atomic mass is 9.76. The minimum atomic E-state index is -0.690. The van der Waals surface area contributed by atoms with Gasteiger partial charge in [-0.3, -0.25) is 9.59 Å². The van der Waals surface area contributed by atoms with Gasteiger partial charge in [0.15, 0.2) is 0 Å². The van der Waals surface area contributed by atoms with Gasteiger partial charge >= 0.3 is 0 Å². The lowest BCUT2D eigenvalue weighted by molar-refractivity contribution is 0.0995. The van der Waals surface area contributed by atoms with Gasteiger partial charge in [0.05, 0.1) is 0 Å². The van der Waals surface area contributed by atoms with Gasteiger partial charge in [-0.05, 0) is 30.5 Å². The number of hydrogen-bond donors (Lipinski definition) is 2. The summed E-state index contributed by atoms with van der Waals surface area (Å²) in [5.41, 5.74) is 6.01. The molecular formula is C17H18ClN3O2. The average molecular weight is 332 g/mol. The van der Waals surface area contributed by atoms with Crippen LogP contribution >= 0.6 is 11.6 Å². The standard InChI is InChI=1S/C17H18ClN3O2/c18-12-5-3-11(4-6-12)17(7-1-2-8-17)10-14-20-13(16(19)23)9-15(22)21-14/h3-6,9H,1-2,7-8,10H2,(H2,19,23)(H,20,21,22). The number of halogens is 1. The van der Waals surface area contributed by atoms with E-state index < -0.39 is 5.91 Å². The largest absolute Gasteiger partial charge is 0.364 e. The SMILES string of the molecule is NC(=O)c1cc(=O)[nH]c(CC2(c3ccc(Cl)cc3)CCCC2)n1. The average Bonchev–Trinajstić information content (AvgIpc) is 2.96. The van der Waals surface area contributed by atoms with E-state index in [0.29, 0.717) is 17.3 Å². The molecule has 0 bridgehead atoms. The first-order valence-corrected chi connectivity index (χ1v) is 8.02. The van der Waals surface area contributed by atoms with Crippen LogP contribution in [-0.2, 0) is 11.8 Å². The van der Waals surface area contributed by atoms with E-state index in [1.54, 1.807) is 0 Å². The van der Waals surface area contributed by atoms with Gasteiger partial charge in [-0.2, -0.15) is 0 Å². The number of aromatic amines is 1. The minimum absolute atomic E-state index is 0.00741. The maximum Gasteiger partial charge on any atom is 0.267 e. The quantitative estimate of drug-likeness (QED) is 0.902. The maximum atomic E-state index is 11.8. The fourth-order valence-corrected chi connectivity index (χ4v) is 3.59. The maximum absolute atomic E-state index is 11.8. The number of nitrogens with one attached hydrogen (secondary N) is 1. The molecule has 1 fully saturated rings. The topological polar surface area (TPSA) is 88.8 Å². The lowest BCUT2D eigenvalue weighted by Gasteiger charge is -2.29. The number of amides is 1. The van der Waals surface area contributed by atoms with Gasteiger partial charge in [-0.15, -0.1) is 0 Å². The Morgan fingerprint density at radius 1 is 1.26 bits per heavy atom. The Balaban J connectivity index is 1.99. The Kier molecular flexibility index (Phi) is 4.22. The van der Waals surface area contributed by atoms with Gasteiger partial charge in [0.2, 0.25) is 0 Å². The van der Waals surface area contributed by atoms with E-state index in [-0.39, 0.29) is 16.7 Å². The Hall–Kier alpha value is -2.14. The molecule has 1 aromatic carbocycles. The third-order valence-corrected chi connectivity index (χ3v) is 4.82. The third kappa shape index (κ3) is 3.29. The van der Waals surface area contributed by atoms with Crippen LogP contribution in [0.1, 0.15) is 47.6 Å². The molecule has 0 atom stereocenters. The van der Waals surface area contributed by atoms with Crippen molar-refractivity contribution in [2.24, 2.45) is 5.73 Å². The smallest absolute Gasteiger partial charge is 0.267 e. The van der Waals surface area contributed by atoms with Crippen molar-refractivity contribution in [3.8, 4) is 0 Å². The van der Waals surface area contributed by atoms with Crippen LogP contribution in [0.2, 0.25) is 5.02 Å². The summed E-state index contributed by atoms with van der Waals surface area (Å²) in [6.07, 6.45) is 4.86. The lowest BCUT2D eigenvalue weighted by Crippen LogP contribution is -2.29. The number of nitrogens with zero attached hydrogens (tertiary/aromatic N) is 1. The summed E-state index contributed by atoms with van der Waals surface area (Å²) < 4.78 is 0. The molecule has 0 radical (unpaired) electrons. The normalized spacial score (nSPS) is 16.4. The number of H-pyrrole nitrogens is 1. The highest BCUT2D eigenvalue weighted by Gasteiger charge is 2.36. The van der Waals surface area contributed by atoms with Crippen LogP contribution in [0.25, 0.3) is 0 Å². The van der Waals surface area contributed by atoms with Gasteiger partial charge < -0.3 is 10.7 Å². The van der Waals surface area contributed by atoms with E-state index in [4.69, 9.17) is 17.3 Å². The summed E-state index contributed by atoms with van der Waals surface area (Å²) in [5, 5.41) is 0.698. The molecule has 1 saturated carbocycles. The van der Waals surface area contributed by atoms with Crippen molar-refractivity contribution in [3.05, 3.63) is 62.8 Å². The van der Waals surface area contributed by atoms with E-state index in [1.165, 1.54) is 5.56 Å². The molecule has 0 aliphatic heterocycles. The Bertz CT molecular complexity index is 777. The molecule has 0 saturated heterocycles. The van der Waals surface area contributed by atoms with Gasteiger partial charge in [-0.25, -0.2) is 4.98 Å². The molecule has 6 heteroatoms. The number of benzene rings is 1. The predicted octanol–water partition coefficient (Wildman–Crippen LogP) is 2.58. The Labute approximate surface area is 138 Å². The molecular weight excluding hydrogens is 314 g/mol. The van der Waals surface area contributed by atoms with Crippen LogP contribution in [0, 0.1) is 0 Å². The monoisotopic (exact) mass is 331 g/mol. The van der Waals surface area contributed by atoms with Gasteiger partial charge in [0.1, 0.15) is 11.5 Å². The molecule has 120 valence electrons. The first-order valence-electron chi connectivity index (χ1n) is 7.65. The first kappa shape index (κ1) is 15.7. The second-order valence-corrected chi connectivity index (χ2v) is 6.55. The number of rotatable bonds is 4. The molecule has 23 heavy (non-hydrogen) atoms. The summed E-state index contributed by atoms with van der Waals surface area (Å²) in [6.45, 7) is 0. The van der Waals surface area contributed by atoms with Crippen molar-refractivity contribution in [3.63, 3.8) is 0 Å². The number of nitrogens with two attached hydrogens (primary N) is 1. The van der Waals surface area contributed by atoms with E-state index >= 15 is 0 Å². The molecule has 1 aliphatic rings. The van der Waals surface area contributed by atoms with Gasteiger partial charge in [0.25, 0.3) is 11.5 Å². The van der Waals surface area contributed by atoms with Gasteiger partial charge in [-0.1, -0.05) is 36.6 Å². The zero-order chi connectivity index (χ0) is 16.4. The molecule has 3 N–H and O–H groups in total. The second kappa shape index (κ2) is 6.16. The van der Waals surface area contributed by atoms with Crippen LogP contribution < -0.4 is 11.3 Å². The molecule has 2 aromatic rings. The van der Waals surface area contributed by atoms with Crippen molar-refractivity contribution in [1.29, 1.82) is 0 Å². The van der Waals surface area contributed by atoms with Crippen LogP contribution in [0.5, 0.6) is 0 Å². The zero-order valence-corrected chi connectivity index (χ0v) is 13.4. The molecule has 3 rings (SSSR count). The van der Waals surface area contributed by atoms with E-state index in [2.05, 4.69) is 9.97 Å². The number of hydrogen-bond acceptors (Lipinski definition) is 3. The van der Waals surface area contributed by atoms with E-state index in [9.17, 15) is 9.59 Å². The van der Waals surface area contributed by atoms with Crippen molar-refractivity contribution < 1.29 is 4.79 Å². The van der Waals surface area contributed by atoms with Crippen LogP contribution in [-0.4, -0.2) is 15.9 Å². The molecule has 1 amide bonds. The molecule has 0 unspecified atom stereocenters. The highest BCUT2D eigenvalue weighted by atomic mass is 35.5. The fraction of sp³-hybridized carbons (Fsp3) is 0.353. The fourth-order valence-electron chi connectivity index (χ4n) is 3.46. The highest BCUT2D eigenvalue weighted by Crippen LogP contribution is 2.43. The third-order valence-electron chi connectivity index (χ3n) is 4.57. The van der Waals surface area contributed by atoms with Crippen molar-refractivity contribution in [2.75, 3.05) is 0 Å². The van der Waals surface area contributed by atoms with Crippen LogP contribution in [0.15, 0.2) is 35.1 Å². The summed E-state index contributed by atoms with van der Waals surface area (Å²) in [6, 6.07) is 8.96. The molecule has 1 aliphatic carbocycles. The Morgan fingerprint density at radius 2 is 1.91 bits per heavy atom. The van der Waals surface area contributed by atoms with Crippen molar-refractivity contribution >= 4 is 17.5 Å². The summed E-state index contributed by atoms with van der Waals surface area (Å²) >= 11 is 5.99. The number of carbonyl (C=O) groups excluding carboxylic acids is 1. The molecule has 1 aromatic heterocycles. The minimum Gasteiger partial charge on any atom is -0.364 e. The summed E-state index contributed by atoms with van der Waals surface area (Å²) in [7, 11) is 0. The first-order chi connectivity index (χ1) is 11.0. The van der Waals surface area contributed by atoms with Crippen molar-refractivity contribution in [1.82, 2.24) is 9.97 Å². The van der Waals surface area contributed by atoms with E-state index in [1.807, 2.05) is 24.3 Å². The summed E-state index contributed by atoms with van der Waals surface area (Å²) in [4.78, 5) is 30.0. The van der Waals surface area contributed by atoms with Crippen LogP contribution in [0.4, 0.5) is 0 Å². The molecule has 0 spiro atoms. The number of primary amides is 1. The molecule has 1 heterocycles. The predicted molar refractivity (Wildman–Crippen MR) is 88.7 cm³/mol.